The van der Waals surface area contributed by atoms with Crippen LogP contribution in [0.5, 0.6) is 0 Å². The quantitative estimate of drug-likeness (QED) is 0.791. The molecule has 2 unspecified atom stereocenters. The van der Waals surface area contributed by atoms with E-state index in [1.165, 1.54) is 61.2 Å². The van der Waals surface area contributed by atoms with Crippen molar-refractivity contribution < 1.29 is 0 Å². The molecule has 2 fully saturated rings. The van der Waals surface area contributed by atoms with Gasteiger partial charge in [-0.1, -0.05) is 24.3 Å². The maximum absolute atomic E-state index is 2.37. The molecule has 18 heavy (non-hydrogen) atoms. The second-order valence-corrected chi connectivity index (χ2v) is 8.31. The number of benzene rings is 1. The van der Waals surface area contributed by atoms with Crippen LogP contribution >= 0.6 is 23.5 Å². The van der Waals surface area contributed by atoms with E-state index in [0.717, 1.165) is 10.5 Å². The molecule has 0 aliphatic carbocycles. The standard InChI is InChI=1S/C16H22S2/c1-3-15(17-9-1)11-13-5-7-14(8-6-13)12-16-4-2-10-18-16/h5-8,15-16H,1-4,9-12H2. The zero-order chi connectivity index (χ0) is 12.2. The van der Waals surface area contributed by atoms with E-state index in [1.54, 1.807) is 0 Å². The Kier molecular flexibility index (Phi) is 4.58. The maximum Gasteiger partial charge on any atom is 0.00877 e. The van der Waals surface area contributed by atoms with Gasteiger partial charge in [-0.15, -0.1) is 0 Å². The Morgan fingerprint density at radius 1 is 0.778 bits per heavy atom. The van der Waals surface area contributed by atoms with Crippen LogP contribution in [0.15, 0.2) is 24.3 Å². The van der Waals surface area contributed by atoms with Gasteiger partial charge in [0.15, 0.2) is 0 Å². The van der Waals surface area contributed by atoms with E-state index >= 15 is 0 Å². The molecule has 0 N–H and O–H groups in total. The summed E-state index contributed by atoms with van der Waals surface area (Å²) in [6.45, 7) is 0. The average molecular weight is 278 g/mol. The Morgan fingerprint density at radius 2 is 1.22 bits per heavy atom. The molecule has 2 saturated heterocycles. The van der Waals surface area contributed by atoms with Crippen LogP contribution in [0.2, 0.25) is 0 Å². The second kappa shape index (κ2) is 6.38. The SMILES string of the molecule is c1cc(CC2CCCS2)ccc1CC1CCCS1. The molecule has 0 amide bonds. The van der Waals surface area contributed by atoms with Gasteiger partial charge in [0, 0.05) is 10.5 Å². The Bertz CT molecular complexity index is 322. The van der Waals surface area contributed by atoms with E-state index in [-0.39, 0.29) is 0 Å². The van der Waals surface area contributed by atoms with Crippen molar-refractivity contribution in [3.05, 3.63) is 35.4 Å². The summed E-state index contributed by atoms with van der Waals surface area (Å²) in [6, 6.07) is 9.48. The van der Waals surface area contributed by atoms with Crippen LogP contribution in [0.1, 0.15) is 36.8 Å². The van der Waals surface area contributed by atoms with Gasteiger partial charge in [0.05, 0.1) is 0 Å². The van der Waals surface area contributed by atoms with E-state index in [4.69, 9.17) is 0 Å². The Hall–Kier alpha value is -0.0800. The van der Waals surface area contributed by atoms with Crippen molar-refractivity contribution >= 4 is 23.5 Å². The monoisotopic (exact) mass is 278 g/mol. The van der Waals surface area contributed by atoms with Gasteiger partial charge in [0.1, 0.15) is 0 Å². The number of rotatable bonds is 4. The zero-order valence-electron chi connectivity index (χ0n) is 10.9. The Balaban J connectivity index is 1.54. The summed E-state index contributed by atoms with van der Waals surface area (Å²) in [6.07, 6.45) is 8.25. The van der Waals surface area contributed by atoms with Crippen molar-refractivity contribution in [3.8, 4) is 0 Å². The fourth-order valence-electron chi connectivity index (χ4n) is 2.95. The first-order valence-corrected chi connectivity index (χ1v) is 9.31. The minimum Gasteiger partial charge on any atom is -0.158 e. The van der Waals surface area contributed by atoms with E-state index in [1.807, 2.05) is 0 Å². The van der Waals surface area contributed by atoms with E-state index in [9.17, 15) is 0 Å². The van der Waals surface area contributed by atoms with Crippen molar-refractivity contribution in [1.29, 1.82) is 0 Å². The van der Waals surface area contributed by atoms with E-state index in [0.29, 0.717) is 0 Å². The molecule has 0 nitrogen and oxygen atoms in total. The first-order valence-electron chi connectivity index (χ1n) is 7.21. The van der Waals surface area contributed by atoms with E-state index < -0.39 is 0 Å². The first kappa shape index (κ1) is 12.9. The highest BCUT2D eigenvalue weighted by molar-refractivity contribution is 8.00. The summed E-state index contributed by atoms with van der Waals surface area (Å²) in [5.74, 6) is 2.75. The number of hydrogen-bond acceptors (Lipinski definition) is 2. The van der Waals surface area contributed by atoms with Crippen LogP contribution < -0.4 is 0 Å². The molecular weight excluding hydrogens is 256 g/mol. The Labute approximate surface area is 119 Å². The Morgan fingerprint density at radius 3 is 1.56 bits per heavy atom. The van der Waals surface area contributed by atoms with Gasteiger partial charge in [0.25, 0.3) is 0 Å². The minimum atomic E-state index is 0.890. The van der Waals surface area contributed by atoms with Crippen molar-refractivity contribution in [3.63, 3.8) is 0 Å². The normalized spacial score (nSPS) is 27.8. The molecule has 0 bridgehead atoms. The highest BCUT2D eigenvalue weighted by atomic mass is 32.2. The summed E-state index contributed by atoms with van der Waals surface area (Å²) in [5, 5.41) is 1.78. The summed E-state index contributed by atoms with van der Waals surface area (Å²) < 4.78 is 0. The molecule has 98 valence electrons. The molecule has 3 rings (SSSR count). The molecule has 2 aliphatic heterocycles. The predicted molar refractivity (Wildman–Crippen MR) is 84.8 cm³/mol. The van der Waals surface area contributed by atoms with Crippen molar-refractivity contribution in [2.45, 2.75) is 49.0 Å². The predicted octanol–water partition coefficient (Wildman–Crippen LogP) is 4.56. The fourth-order valence-corrected chi connectivity index (χ4v) is 5.57. The lowest BCUT2D eigenvalue weighted by molar-refractivity contribution is 0.770. The van der Waals surface area contributed by atoms with Gasteiger partial charge in [-0.05, 0) is 61.2 Å². The smallest absolute Gasteiger partial charge is 0.00877 e. The summed E-state index contributed by atoms with van der Waals surface area (Å²) in [5.41, 5.74) is 3.08. The average Bonchev–Trinajstić information content (AvgIpc) is 3.05. The summed E-state index contributed by atoms with van der Waals surface area (Å²) in [7, 11) is 0. The molecule has 2 aliphatic rings. The second-order valence-electron chi connectivity index (χ2n) is 5.49. The van der Waals surface area contributed by atoms with Gasteiger partial charge >= 0.3 is 0 Å². The molecule has 0 radical (unpaired) electrons. The first-order chi connectivity index (χ1) is 8.90. The van der Waals surface area contributed by atoms with Gasteiger partial charge < -0.3 is 0 Å². The lowest BCUT2D eigenvalue weighted by atomic mass is 10.0. The topological polar surface area (TPSA) is 0 Å². The van der Waals surface area contributed by atoms with Gasteiger partial charge in [-0.25, -0.2) is 0 Å². The highest BCUT2D eigenvalue weighted by Crippen LogP contribution is 2.30. The van der Waals surface area contributed by atoms with Crippen LogP contribution in [0.25, 0.3) is 0 Å². The van der Waals surface area contributed by atoms with Crippen LogP contribution in [0.3, 0.4) is 0 Å². The number of thioether (sulfide) groups is 2. The van der Waals surface area contributed by atoms with Gasteiger partial charge in [-0.3, -0.25) is 0 Å². The molecule has 2 heteroatoms. The lowest BCUT2D eigenvalue weighted by Gasteiger charge is -2.11. The third-order valence-electron chi connectivity index (χ3n) is 4.00. The van der Waals surface area contributed by atoms with Crippen LogP contribution in [-0.4, -0.2) is 22.0 Å². The molecule has 0 aromatic heterocycles. The third-order valence-corrected chi connectivity index (χ3v) is 6.79. The van der Waals surface area contributed by atoms with Gasteiger partial charge in [0.2, 0.25) is 0 Å². The van der Waals surface area contributed by atoms with Crippen molar-refractivity contribution in [2.75, 3.05) is 11.5 Å². The third kappa shape index (κ3) is 3.48. The highest BCUT2D eigenvalue weighted by Gasteiger charge is 2.17. The minimum absolute atomic E-state index is 0.890. The van der Waals surface area contributed by atoms with Crippen LogP contribution in [0.4, 0.5) is 0 Å². The van der Waals surface area contributed by atoms with Crippen molar-refractivity contribution in [2.24, 2.45) is 0 Å². The van der Waals surface area contributed by atoms with E-state index in [2.05, 4.69) is 47.8 Å². The zero-order valence-corrected chi connectivity index (χ0v) is 12.6. The van der Waals surface area contributed by atoms with Crippen molar-refractivity contribution in [1.82, 2.24) is 0 Å². The largest absolute Gasteiger partial charge is 0.158 e. The van der Waals surface area contributed by atoms with Gasteiger partial charge in [-0.2, -0.15) is 23.5 Å². The maximum atomic E-state index is 2.37. The molecule has 1 aromatic rings. The fraction of sp³-hybridized carbons (Fsp3) is 0.625. The molecule has 2 atom stereocenters. The molecular formula is C16H22S2. The summed E-state index contributed by atoms with van der Waals surface area (Å²) in [4.78, 5) is 0. The summed E-state index contributed by atoms with van der Waals surface area (Å²) >= 11 is 4.33. The lowest BCUT2D eigenvalue weighted by Crippen LogP contribution is -2.04. The molecule has 1 aromatic carbocycles. The van der Waals surface area contributed by atoms with Crippen LogP contribution in [0, 0.1) is 0 Å². The number of hydrogen-bond donors (Lipinski definition) is 0. The van der Waals surface area contributed by atoms with Crippen LogP contribution in [-0.2, 0) is 12.8 Å². The molecule has 2 heterocycles. The molecule has 0 spiro atoms. The molecule has 0 saturated carbocycles.